The van der Waals surface area contributed by atoms with Crippen molar-refractivity contribution >= 4 is 11.8 Å². The molecule has 0 aromatic carbocycles. The molecule has 3 nitrogen and oxygen atoms in total. The van der Waals surface area contributed by atoms with Gasteiger partial charge in [-0.1, -0.05) is 11.8 Å². The highest BCUT2D eigenvalue weighted by Crippen LogP contribution is 2.21. The van der Waals surface area contributed by atoms with Crippen LogP contribution in [0.15, 0.2) is 16.5 Å². The van der Waals surface area contributed by atoms with E-state index in [0.717, 1.165) is 18.8 Å². The molecular weight excluding hydrogens is 260 g/mol. The second kappa shape index (κ2) is 6.54. The van der Waals surface area contributed by atoms with Crippen LogP contribution >= 0.6 is 11.8 Å². The molecule has 0 saturated carbocycles. The van der Waals surface area contributed by atoms with Crippen LogP contribution < -0.4 is 5.32 Å². The smallest absolute Gasteiger partial charge is 0.284 e. The number of alkyl halides is 2. The first kappa shape index (κ1) is 13.8. The van der Waals surface area contributed by atoms with E-state index in [2.05, 4.69) is 5.32 Å². The van der Waals surface area contributed by atoms with Crippen molar-refractivity contribution in [1.82, 2.24) is 5.32 Å². The number of ether oxygens (including phenoxy) is 1. The SMILES string of the molecule is CC1OCCC1NCc1ccc(CSC(F)F)o1. The van der Waals surface area contributed by atoms with E-state index in [0.29, 0.717) is 30.1 Å². The van der Waals surface area contributed by atoms with Gasteiger partial charge in [0.25, 0.3) is 5.76 Å². The van der Waals surface area contributed by atoms with Crippen LogP contribution in [0.2, 0.25) is 0 Å². The van der Waals surface area contributed by atoms with Crippen molar-refractivity contribution in [2.75, 3.05) is 6.61 Å². The summed E-state index contributed by atoms with van der Waals surface area (Å²) in [4.78, 5) is 0. The molecule has 1 fully saturated rings. The fourth-order valence-electron chi connectivity index (χ4n) is 1.97. The Morgan fingerprint density at radius 3 is 2.89 bits per heavy atom. The number of rotatable bonds is 6. The molecule has 1 aliphatic heterocycles. The number of halogens is 2. The van der Waals surface area contributed by atoms with Crippen molar-refractivity contribution in [2.24, 2.45) is 0 Å². The third-order valence-corrected chi connectivity index (χ3v) is 3.69. The molecule has 0 spiro atoms. The summed E-state index contributed by atoms with van der Waals surface area (Å²) in [5.74, 6) is -0.777. The second-order valence-corrected chi connectivity index (χ2v) is 5.27. The number of hydrogen-bond donors (Lipinski definition) is 1. The Morgan fingerprint density at radius 2 is 2.22 bits per heavy atom. The van der Waals surface area contributed by atoms with Gasteiger partial charge in [0.1, 0.15) is 11.5 Å². The van der Waals surface area contributed by atoms with Gasteiger partial charge in [0, 0.05) is 12.6 Å². The molecule has 1 aliphatic rings. The summed E-state index contributed by atoms with van der Waals surface area (Å²) >= 11 is 0.574. The molecule has 2 atom stereocenters. The molecule has 0 amide bonds. The molecular formula is C12H17F2NO2S. The quantitative estimate of drug-likeness (QED) is 0.867. The lowest BCUT2D eigenvalue weighted by molar-refractivity contribution is 0.112. The van der Waals surface area contributed by atoms with E-state index >= 15 is 0 Å². The fourth-order valence-corrected chi connectivity index (χ4v) is 2.42. The van der Waals surface area contributed by atoms with E-state index in [1.165, 1.54) is 0 Å². The van der Waals surface area contributed by atoms with Crippen LogP contribution in [-0.4, -0.2) is 24.5 Å². The third kappa shape index (κ3) is 3.96. The highest BCUT2D eigenvalue weighted by atomic mass is 32.2. The van der Waals surface area contributed by atoms with Gasteiger partial charge < -0.3 is 14.5 Å². The van der Waals surface area contributed by atoms with Gasteiger partial charge in [-0.25, -0.2) is 0 Å². The maximum absolute atomic E-state index is 12.0. The lowest BCUT2D eigenvalue weighted by Crippen LogP contribution is -2.33. The molecule has 0 aliphatic carbocycles. The van der Waals surface area contributed by atoms with Crippen LogP contribution in [0.3, 0.4) is 0 Å². The molecule has 1 aromatic heterocycles. The van der Waals surface area contributed by atoms with Crippen LogP contribution in [0, 0.1) is 0 Å². The Morgan fingerprint density at radius 1 is 1.44 bits per heavy atom. The minimum absolute atomic E-state index is 0.209. The first-order chi connectivity index (χ1) is 8.65. The molecule has 1 saturated heterocycles. The predicted molar refractivity (Wildman–Crippen MR) is 66.7 cm³/mol. The van der Waals surface area contributed by atoms with Gasteiger partial charge in [0.15, 0.2) is 0 Å². The minimum atomic E-state index is -2.35. The summed E-state index contributed by atoms with van der Waals surface area (Å²) in [6, 6.07) is 3.92. The largest absolute Gasteiger partial charge is 0.464 e. The monoisotopic (exact) mass is 277 g/mol. The Hall–Kier alpha value is -0.590. The summed E-state index contributed by atoms with van der Waals surface area (Å²) in [5, 5.41) is 3.35. The molecule has 0 bridgehead atoms. The molecule has 6 heteroatoms. The summed E-state index contributed by atoms with van der Waals surface area (Å²) in [6.45, 7) is 3.43. The zero-order chi connectivity index (χ0) is 13.0. The molecule has 0 radical (unpaired) electrons. The fraction of sp³-hybridized carbons (Fsp3) is 0.667. The third-order valence-electron chi connectivity index (χ3n) is 2.98. The second-order valence-electron chi connectivity index (χ2n) is 4.29. The first-order valence-electron chi connectivity index (χ1n) is 5.97. The molecule has 2 rings (SSSR count). The molecule has 1 N–H and O–H groups in total. The maximum Gasteiger partial charge on any atom is 0.284 e. The molecule has 2 heterocycles. The van der Waals surface area contributed by atoms with Crippen molar-refractivity contribution in [3.63, 3.8) is 0 Å². The summed E-state index contributed by atoms with van der Waals surface area (Å²) in [7, 11) is 0. The van der Waals surface area contributed by atoms with Gasteiger partial charge in [0.05, 0.1) is 18.4 Å². The molecule has 102 valence electrons. The van der Waals surface area contributed by atoms with Crippen LogP contribution in [0.4, 0.5) is 8.78 Å². The standard InChI is InChI=1S/C12H17F2NO2S/c1-8-11(4-5-16-8)15-6-9-2-3-10(17-9)7-18-12(13)14/h2-3,8,11-12,15H,4-7H2,1H3. The van der Waals surface area contributed by atoms with Crippen LogP contribution in [0.5, 0.6) is 0 Å². The summed E-state index contributed by atoms with van der Waals surface area (Å²) in [6.07, 6.45) is 1.21. The Bertz CT molecular complexity index is 373. The Kier molecular flexibility index (Phi) is 5.03. The van der Waals surface area contributed by atoms with Crippen molar-refractivity contribution in [3.05, 3.63) is 23.7 Å². The van der Waals surface area contributed by atoms with Gasteiger partial charge in [-0.2, -0.15) is 8.78 Å². The number of nitrogens with one attached hydrogen (secondary N) is 1. The highest BCUT2D eigenvalue weighted by Gasteiger charge is 2.23. The zero-order valence-corrected chi connectivity index (χ0v) is 11.0. The summed E-state index contributed by atoms with van der Waals surface area (Å²) < 4.78 is 35.0. The average Bonchev–Trinajstić information content (AvgIpc) is 2.93. The average molecular weight is 277 g/mol. The van der Waals surface area contributed by atoms with Gasteiger partial charge in [-0.05, 0) is 25.5 Å². The van der Waals surface area contributed by atoms with E-state index in [9.17, 15) is 8.78 Å². The number of hydrogen-bond acceptors (Lipinski definition) is 4. The van der Waals surface area contributed by atoms with Crippen molar-refractivity contribution in [2.45, 2.75) is 43.5 Å². The van der Waals surface area contributed by atoms with E-state index in [1.807, 2.05) is 13.0 Å². The van der Waals surface area contributed by atoms with Crippen LogP contribution in [0.25, 0.3) is 0 Å². The van der Waals surface area contributed by atoms with Gasteiger partial charge in [-0.3, -0.25) is 0 Å². The normalized spacial score (nSPS) is 24.0. The predicted octanol–water partition coefficient (Wildman–Crippen LogP) is 3.00. The topological polar surface area (TPSA) is 34.4 Å². The number of thioether (sulfide) groups is 1. The minimum Gasteiger partial charge on any atom is -0.464 e. The van der Waals surface area contributed by atoms with Crippen molar-refractivity contribution in [3.8, 4) is 0 Å². The van der Waals surface area contributed by atoms with E-state index in [1.54, 1.807) is 6.07 Å². The van der Waals surface area contributed by atoms with Gasteiger partial charge in [0.2, 0.25) is 0 Å². The van der Waals surface area contributed by atoms with E-state index in [-0.39, 0.29) is 11.9 Å². The van der Waals surface area contributed by atoms with Crippen molar-refractivity contribution in [1.29, 1.82) is 0 Å². The molecule has 2 unspecified atom stereocenters. The lowest BCUT2D eigenvalue weighted by Gasteiger charge is -2.14. The lowest BCUT2D eigenvalue weighted by atomic mass is 10.1. The molecule has 1 aromatic rings. The van der Waals surface area contributed by atoms with Gasteiger partial charge >= 0.3 is 0 Å². The van der Waals surface area contributed by atoms with E-state index < -0.39 is 5.76 Å². The molecule has 18 heavy (non-hydrogen) atoms. The summed E-state index contributed by atoms with van der Waals surface area (Å²) in [5.41, 5.74) is 0. The highest BCUT2D eigenvalue weighted by molar-refractivity contribution is 7.98. The van der Waals surface area contributed by atoms with Crippen LogP contribution in [-0.2, 0) is 17.0 Å². The van der Waals surface area contributed by atoms with Crippen molar-refractivity contribution < 1.29 is 17.9 Å². The zero-order valence-electron chi connectivity index (χ0n) is 10.2. The Labute approximate surface area is 109 Å². The van der Waals surface area contributed by atoms with E-state index in [4.69, 9.17) is 9.15 Å². The first-order valence-corrected chi connectivity index (χ1v) is 7.02. The maximum atomic E-state index is 12.0. The Balaban J connectivity index is 1.76. The van der Waals surface area contributed by atoms with Crippen LogP contribution in [0.1, 0.15) is 24.9 Å². The number of furan rings is 1. The van der Waals surface area contributed by atoms with Gasteiger partial charge in [-0.15, -0.1) is 0 Å².